The van der Waals surface area contributed by atoms with Gasteiger partial charge in [0.15, 0.2) is 5.76 Å². The Balaban J connectivity index is 1.79. The van der Waals surface area contributed by atoms with Crippen LogP contribution in [0.3, 0.4) is 0 Å². The van der Waals surface area contributed by atoms with Crippen LogP contribution in [-0.4, -0.2) is 19.4 Å². The van der Waals surface area contributed by atoms with Gasteiger partial charge in [0.05, 0.1) is 7.11 Å². The molecule has 1 heterocycles. The highest BCUT2D eigenvalue weighted by Crippen LogP contribution is 2.29. The number of ether oxygens (including phenoxy) is 2. The summed E-state index contributed by atoms with van der Waals surface area (Å²) >= 11 is 0. The predicted molar refractivity (Wildman–Crippen MR) is 91.8 cm³/mol. The van der Waals surface area contributed by atoms with Crippen LogP contribution in [0.15, 0.2) is 46.9 Å². The number of hydrogen-bond donors (Lipinski definition) is 1. The summed E-state index contributed by atoms with van der Waals surface area (Å²) in [5.41, 5.74) is 1.32. The highest BCUT2D eigenvalue weighted by molar-refractivity contribution is 5.99. The molecule has 2 aromatic carbocycles. The topological polar surface area (TPSA) is 60.7 Å². The van der Waals surface area contributed by atoms with Gasteiger partial charge in [0.2, 0.25) is 0 Å². The maximum atomic E-state index is 12.5. The van der Waals surface area contributed by atoms with E-state index in [9.17, 15) is 18.0 Å². The largest absolute Gasteiger partial charge is 0.573 e. The molecule has 0 spiro atoms. The summed E-state index contributed by atoms with van der Waals surface area (Å²) in [6.45, 7) is 1.58. The molecule has 0 fully saturated rings. The first-order valence-corrected chi connectivity index (χ1v) is 7.97. The first kappa shape index (κ1) is 18.6. The van der Waals surface area contributed by atoms with Crippen molar-refractivity contribution < 1.29 is 31.9 Å². The van der Waals surface area contributed by atoms with Gasteiger partial charge < -0.3 is 19.2 Å². The van der Waals surface area contributed by atoms with Gasteiger partial charge >= 0.3 is 6.36 Å². The number of amides is 1. The number of halogens is 3. The number of fused-ring (bicyclic) bond motifs is 1. The van der Waals surface area contributed by atoms with Crippen molar-refractivity contribution in [3.05, 3.63) is 59.4 Å². The van der Waals surface area contributed by atoms with Gasteiger partial charge in [-0.25, -0.2) is 0 Å². The number of methoxy groups -OCH3 is 1. The molecule has 0 unspecified atom stereocenters. The zero-order valence-corrected chi connectivity index (χ0v) is 14.5. The van der Waals surface area contributed by atoms with E-state index in [1.54, 1.807) is 31.2 Å². The molecule has 1 aromatic heterocycles. The lowest BCUT2D eigenvalue weighted by Crippen LogP contribution is -2.24. The molecule has 1 N–H and O–H groups in total. The van der Waals surface area contributed by atoms with Crippen molar-refractivity contribution in [1.82, 2.24) is 5.32 Å². The van der Waals surface area contributed by atoms with E-state index >= 15 is 0 Å². The van der Waals surface area contributed by atoms with E-state index in [2.05, 4.69) is 10.1 Å². The number of rotatable bonds is 5. The number of furan rings is 1. The molecular weight excluding hydrogens is 363 g/mol. The standard InChI is InChI=1S/C19H16F3NO4/c1-11-14-9-13(25-2)7-8-16(14)26-17(11)18(24)23-10-12-5-3-4-6-15(12)27-19(20,21)22/h3-9H,10H2,1-2H3,(H,23,24). The first-order chi connectivity index (χ1) is 12.8. The average Bonchev–Trinajstić information content (AvgIpc) is 2.95. The highest BCUT2D eigenvalue weighted by atomic mass is 19.4. The zero-order chi connectivity index (χ0) is 19.6. The van der Waals surface area contributed by atoms with Gasteiger partial charge in [-0.15, -0.1) is 13.2 Å². The molecule has 0 saturated carbocycles. The normalized spacial score (nSPS) is 11.4. The van der Waals surface area contributed by atoms with Crippen LogP contribution in [0.4, 0.5) is 13.2 Å². The molecule has 5 nitrogen and oxygen atoms in total. The van der Waals surface area contributed by atoms with Crippen molar-refractivity contribution in [1.29, 1.82) is 0 Å². The number of aryl methyl sites for hydroxylation is 1. The Bertz CT molecular complexity index is 979. The maximum absolute atomic E-state index is 12.5. The summed E-state index contributed by atoms with van der Waals surface area (Å²) in [5.74, 6) is -0.190. The number of alkyl halides is 3. The van der Waals surface area contributed by atoms with Crippen molar-refractivity contribution in [3.8, 4) is 11.5 Å². The molecule has 0 radical (unpaired) electrons. The zero-order valence-electron chi connectivity index (χ0n) is 14.5. The lowest BCUT2D eigenvalue weighted by molar-refractivity contribution is -0.274. The third-order valence-electron chi connectivity index (χ3n) is 3.99. The first-order valence-electron chi connectivity index (χ1n) is 7.97. The van der Waals surface area contributed by atoms with E-state index in [-0.39, 0.29) is 23.6 Å². The number of carbonyl (C=O) groups excluding carboxylic acids is 1. The van der Waals surface area contributed by atoms with Gasteiger partial charge in [-0.2, -0.15) is 0 Å². The highest BCUT2D eigenvalue weighted by Gasteiger charge is 2.32. The Kier molecular flexibility index (Phi) is 4.98. The van der Waals surface area contributed by atoms with E-state index in [0.717, 1.165) is 5.39 Å². The van der Waals surface area contributed by atoms with Gasteiger partial charge in [-0.05, 0) is 31.2 Å². The number of hydrogen-bond acceptors (Lipinski definition) is 4. The fourth-order valence-corrected chi connectivity index (χ4v) is 2.67. The van der Waals surface area contributed by atoms with E-state index in [0.29, 0.717) is 16.9 Å². The molecule has 0 bridgehead atoms. The van der Waals surface area contributed by atoms with Crippen molar-refractivity contribution in [2.45, 2.75) is 19.8 Å². The van der Waals surface area contributed by atoms with Crippen LogP contribution in [0.5, 0.6) is 11.5 Å². The molecule has 0 atom stereocenters. The van der Waals surface area contributed by atoms with Gasteiger partial charge in [0.1, 0.15) is 17.1 Å². The lowest BCUT2D eigenvalue weighted by Gasteiger charge is -2.13. The summed E-state index contributed by atoms with van der Waals surface area (Å²) in [6, 6.07) is 10.7. The van der Waals surface area contributed by atoms with E-state index in [1.165, 1.54) is 25.3 Å². The van der Waals surface area contributed by atoms with Crippen LogP contribution in [-0.2, 0) is 6.54 Å². The molecule has 0 aliphatic heterocycles. The van der Waals surface area contributed by atoms with Gasteiger partial charge in [0.25, 0.3) is 5.91 Å². The minimum absolute atomic E-state index is 0.0903. The second kappa shape index (κ2) is 7.22. The summed E-state index contributed by atoms with van der Waals surface area (Å²) in [7, 11) is 1.53. The van der Waals surface area contributed by atoms with Crippen LogP contribution in [0, 0.1) is 6.92 Å². The summed E-state index contributed by atoms with van der Waals surface area (Å²) < 4.78 is 52.2. The molecule has 1 amide bonds. The second-order valence-corrected chi connectivity index (χ2v) is 5.76. The molecule has 142 valence electrons. The number of benzene rings is 2. The fraction of sp³-hybridized carbons (Fsp3) is 0.211. The van der Waals surface area contributed by atoms with Gasteiger partial charge in [0, 0.05) is 23.1 Å². The number of nitrogens with one attached hydrogen (secondary N) is 1. The third-order valence-corrected chi connectivity index (χ3v) is 3.99. The smallest absolute Gasteiger partial charge is 0.497 e. The third kappa shape index (κ3) is 4.16. The Hall–Kier alpha value is -3.16. The SMILES string of the molecule is COc1ccc2oc(C(=O)NCc3ccccc3OC(F)(F)F)c(C)c2c1. The Labute approximate surface area is 152 Å². The van der Waals surface area contributed by atoms with Crippen LogP contribution in [0.25, 0.3) is 11.0 Å². The quantitative estimate of drug-likeness (QED) is 0.705. The molecule has 0 aliphatic rings. The predicted octanol–water partition coefficient (Wildman–Crippen LogP) is 4.58. The van der Waals surface area contributed by atoms with Gasteiger partial charge in [-0.1, -0.05) is 18.2 Å². The summed E-state index contributed by atoms with van der Waals surface area (Å²) in [5, 5.41) is 3.28. The summed E-state index contributed by atoms with van der Waals surface area (Å²) in [6.07, 6.45) is -4.81. The number of para-hydroxylation sites is 1. The van der Waals surface area contributed by atoms with Gasteiger partial charge in [-0.3, -0.25) is 4.79 Å². The molecular formula is C19H16F3NO4. The Morgan fingerprint density at radius 2 is 1.93 bits per heavy atom. The van der Waals surface area contributed by atoms with Crippen LogP contribution < -0.4 is 14.8 Å². The van der Waals surface area contributed by atoms with Crippen LogP contribution in [0.1, 0.15) is 21.7 Å². The molecule has 3 rings (SSSR count). The summed E-state index contributed by atoms with van der Waals surface area (Å²) in [4.78, 5) is 12.5. The Morgan fingerprint density at radius 3 is 2.63 bits per heavy atom. The van der Waals surface area contributed by atoms with Crippen LogP contribution >= 0.6 is 0 Å². The molecule has 0 saturated heterocycles. The van der Waals surface area contributed by atoms with Crippen molar-refractivity contribution in [2.24, 2.45) is 0 Å². The monoisotopic (exact) mass is 379 g/mol. The molecule has 27 heavy (non-hydrogen) atoms. The fourth-order valence-electron chi connectivity index (χ4n) is 2.67. The van der Waals surface area contributed by atoms with Crippen LogP contribution in [0.2, 0.25) is 0 Å². The Morgan fingerprint density at radius 1 is 1.19 bits per heavy atom. The minimum Gasteiger partial charge on any atom is -0.497 e. The van der Waals surface area contributed by atoms with Crippen molar-refractivity contribution in [2.75, 3.05) is 7.11 Å². The molecule has 8 heteroatoms. The maximum Gasteiger partial charge on any atom is 0.573 e. The van der Waals surface area contributed by atoms with E-state index in [4.69, 9.17) is 9.15 Å². The molecule has 0 aliphatic carbocycles. The van der Waals surface area contributed by atoms with Crippen molar-refractivity contribution >= 4 is 16.9 Å². The van der Waals surface area contributed by atoms with E-state index < -0.39 is 12.3 Å². The lowest BCUT2D eigenvalue weighted by atomic mass is 10.1. The minimum atomic E-state index is -4.81. The van der Waals surface area contributed by atoms with E-state index in [1.807, 2.05) is 0 Å². The van der Waals surface area contributed by atoms with Crippen molar-refractivity contribution in [3.63, 3.8) is 0 Å². The second-order valence-electron chi connectivity index (χ2n) is 5.76. The number of carbonyl (C=O) groups is 1. The molecule has 3 aromatic rings. The average molecular weight is 379 g/mol.